The van der Waals surface area contributed by atoms with Crippen LogP contribution in [0.4, 0.5) is 15.3 Å². The van der Waals surface area contributed by atoms with Crippen LogP contribution in [0.3, 0.4) is 0 Å². The van der Waals surface area contributed by atoms with Gasteiger partial charge in [0.25, 0.3) is 0 Å². The number of carbonyl (C=O) groups is 2. The molecule has 3 aliphatic rings. The summed E-state index contributed by atoms with van der Waals surface area (Å²) in [7, 11) is 2.87. The molecule has 2 atom stereocenters. The summed E-state index contributed by atoms with van der Waals surface area (Å²) in [5.41, 5.74) is 2.61. The molecular weight excluding hydrogens is 516 g/mol. The van der Waals surface area contributed by atoms with Gasteiger partial charge in [0.15, 0.2) is 0 Å². The molecule has 1 aromatic heterocycles. The molecule has 0 saturated carbocycles. The molecule has 2 fully saturated rings. The third-order valence-corrected chi connectivity index (χ3v) is 8.60. The SMILES string of the molecule is CC(C)C1CCCN(c2cccnc2)C1.COC(=O)N1CCC=C(C(C)C)C1.COC(=O)N1CCCC(C(C)C)C1. The fourth-order valence-corrected chi connectivity index (χ4v) is 5.65. The first-order chi connectivity index (χ1) is 19.6. The van der Waals surface area contributed by atoms with E-state index in [0.717, 1.165) is 50.9 Å². The second-order valence-corrected chi connectivity index (χ2v) is 12.5. The molecule has 0 radical (unpaired) electrons. The van der Waals surface area contributed by atoms with Crippen LogP contribution in [-0.2, 0) is 9.47 Å². The van der Waals surface area contributed by atoms with Gasteiger partial charge in [-0.2, -0.15) is 0 Å². The molecule has 8 nitrogen and oxygen atoms in total. The average molecular weight is 573 g/mol. The van der Waals surface area contributed by atoms with Crippen molar-refractivity contribution in [3.8, 4) is 0 Å². The van der Waals surface area contributed by atoms with Crippen LogP contribution in [0, 0.1) is 29.6 Å². The number of anilines is 1. The van der Waals surface area contributed by atoms with Crippen LogP contribution in [0.25, 0.3) is 0 Å². The highest BCUT2D eigenvalue weighted by Crippen LogP contribution is 2.27. The third kappa shape index (κ3) is 11.6. The molecule has 2 saturated heterocycles. The minimum absolute atomic E-state index is 0.176. The number of pyridine rings is 1. The zero-order chi connectivity index (χ0) is 30.4. The summed E-state index contributed by atoms with van der Waals surface area (Å²) < 4.78 is 9.38. The summed E-state index contributed by atoms with van der Waals surface area (Å²) in [6.07, 6.45) is 11.6. The van der Waals surface area contributed by atoms with Gasteiger partial charge in [0.1, 0.15) is 0 Å². The second-order valence-electron chi connectivity index (χ2n) is 12.5. The van der Waals surface area contributed by atoms with Crippen LogP contribution >= 0.6 is 0 Å². The number of likely N-dealkylation sites (tertiary alicyclic amines) is 1. The van der Waals surface area contributed by atoms with E-state index < -0.39 is 0 Å². The average Bonchev–Trinajstić information content (AvgIpc) is 3.01. The van der Waals surface area contributed by atoms with Crippen LogP contribution in [0.5, 0.6) is 0 Å². The number of hydrogen-bond acceptors (Lipinski definition) is 6. The van der Waals surface area contributed by atoms with Crippen molar-refractivity contribution in [2.75, 3.05) is 58.4 Å². The van der Waals surface area contributed by atoms with Crippen molar-refractivity contribution in [1.82, 2.24) is 14.8 Å². The second kappa shape index (κ2) is 17.9. The number of carbonyl (C=O) groups excluding carboxylic acids is 2. The molecule has 8 heteroatoms. The van der Waals surface area contributed by atoms with E-state index in [-0.39, 0.29) is 12.2 Å². The number of aromatic nitrogens is 1. The van der Waals surface area contributed by atoms with Crippen LogP contribution in [0.1, 0.15) is 73.6 Å². The fourth-order valence-electron chi connectivity index (χ4n) is 5.65. The Balaban J connectivity index is 0.000000216. The minimum Gasteiger partial charge on any atom is -0.453 e. The number of hydrogen-bond donors (Lipinski definition) is 0. The lowest BCUT2D eigenvalue weighted by Gasteiger charge is -2.36. The first kappa shape index (κ1) is 34.4. The van der Waals surface area contributed by atoms with E-state index in [1.54, 1.807) is 4.90 Å². The quantitative estimate of drug-likeness (QED) is 0.358. The monoisotopic (exact) mass is 572 g/mol. The van der Waals surface area contributed by atoms with Gasteiger partial charge < -0.3 is 24.2 Å². The predicted molar refractivity (Wildman–Crippen MR) is 167 cm³/mol. The number of ether oxygens (including phenoxy) is 2. The molecule has 0 spiro atoms. The Bertz CT molecular complexity index is 934. The molecule has 0 N–H and O–H groups in total. The topological polar surface area (TPSA) is 75.2 Å². The molecule has 232 valence electrons. The maximum Gasteiger partial charge on any atom is 0.409 e. The first-order valence-electron chi connectivity index (χ1n) is 15.6. The molecule has 0 aliphatic carbocycles. The summed E-state index contributed by atoms with van der Waals surface area (Å²) in [6, 6.07) is 4.18. The van der Waals surface area contributed by atoms with E-state index >= 15 is 0 Å². The number of amides is 2. The lowest BCUT2D eigenvalue weighted by atomic mass is 9.88. The van der Waals surface area contributed by atoms with Crippen LogP contribution < -0.4 is 4.90 Å². The number of nitrogens with zero attached hydrogens (tertiary/aromatic N) is 4. The third-order valence-electron chi connectivity index (χ3n) is 8.60. The zero-order valence-electron chi connectivity index (χ0n) is 27.0. The molecule has 41 heavy (non-hydrogen) atoms. The number of piperidine rings is 2. The summed E-state index contributed by atoms with van der Waals surface area (Å²) in [5, 5.41) is 0. The standard InChI is InChI=1S/C13H20N2.C10H19NO2.C10H17NO2/c1-11(2)12-5-4-8-15(10-12)13-6-3-7-14-9-13;2*1-8(2)9-5-4-6-11(7-9)10(12)13-3/h3,6-7,9,11-12H,4-5,8,10H2,1-2H3;8-9H,4-7H2,1-3H3;5,8H,4,6-7H2,1-3H3. The summed E-state index contributed by atoms with van der Waals surface area (Å²) in [6.45, 7) is 19.0. The Morgan fingerprint density at radius 1 is 0.854 bits per heavy atom. The van der Waals surface area contributed by atoms with Gasteiger partial charge in [-0.1, -0.05) is 53.2 Å². The molecule has 3 aliphatic heterocycles. The largest absolute Gasteiger partial charge is 0.453 e. The Morgan fingerprint density at radius 2 is 1.46 bits per heavy atom. The van der Waals surface area contributed by atoms with Crippen LogP contribution in [0.15, 0.2) is 36.2 Å². The highest BCUT2D eigenvalue weighted by Gasteiger charge is 2.26. The fraction of sp³-hybridized carbons (Fsp3) is 0.727. The Kier molecular flexibility index (Phi) is 15.0. The maximum atomic E-state index is 11.2. The van der Waals surface area contributed by atoms with Gasteiger partial charge in [0.05, 0.1) is 26.1 Å². The van der Waals surface area contributed by atoms with E-state index in [1.807, 2.05) is 23.4 Å². The van der Waals surface area contributed by atoms with Crippen molar-refractivity contribution >= 4 is 17.9 Å². The van der Waals surface area contributed by atoms with E-state index in [2.05, 4.69) is 68.3 Å². The minimum atomic E-state index is -0.216. The lowest BCUT2D eigenvalue weighted by Crippen LogP contribution is -2.41. The number of methoxy groups -OCH3 is 2. The molecule has 1 aromatic rings. The van der Waals surface area contributed by atoms with Gasteiger partial charge >= 0.3 is 12.2 Å². The van der Waals surface area contributed by atoms with E-state index in [4.69, 9.17) is 4.74 Å². The van der Waals surface area contributed by atoms with Crippen molar-refractivity contribution in [3.63, 3.8) is 0 Å². The smallest absolute Gasteiger partial charge is 0.409 e. The van der Waals surface area contributed by atoms with Crippen LogP contribution in [-0.4, -0.2) is 80.5 Å². The Hall–Kier alpha value is -2.77. The summed E-state index contributed by atoms with van der Waals surface area (Å²) in [5.74, 6) is 3.47. The van der Waals surface area contributed by atoms with Crippen molar-refractivity contribution in [2.45, 2.75) is 73.6 Å². The van der Waals surface area contributed by atoms with Crippen molar-refractivity contribution < 1.29 is 19.1 Å². The summed E-state index contributed by atoms with van der Waals surface area (Å²) in [4.78, 5) is 32.7. The highest BCUT2D eigenvalue weighted by atomic mass is 16.5. The van der Waals surface area contributed by atoms with Crippen molar-refractivity contribution in [3.05, 3.63) is 36.2 Å². The normalized spacial score (nSPS) is 21.0. The molecule has 0 aromatic carbocycles. The molecule has 4 heterocycles. The molecule has 2 unspecified atom stereocenters. The number of rotatable bonds is 4. The first-order valence-corrected chi connectivity index (χ1v) is 15.6. The molecule has 4 rings (SSSR count). The Labute approximate surface area is 249 Å². The van der Waals surface area contributed by atoms with Crippen molar-refractivity contribution in [1.29, 1.82) is 0 Å². The zero-order valence-corrected chi connectivity index (χ0v) is 27.0. The maximum absolute atomic E-state index is 11.2. The highest BCUT2D eigenvalue weighted by molar-refractivity contribution is 5.68. The van der Waals surface area contributed by atoms with E-state index in [1.165, 1.54) is 57.8 Å². The Morgan fingerprint density at radius 3 is 2.02 bits per heavy atom. The lowest BCUT2D eigenvalue weighted by molar-refractivity contribution is 0.0936. The van der Waals surface area contributed by atoms with Crippen LogP contribution in [0.2, 0.25) is 0 Å². The van der Waals surface area contributed by atoms with Gasteiger partial charge in [-0.3, -0.25) is 4.98 Å². The van der Waals surface area contributed by atoms with Gasteiger partial charge in [-0.15, -0.1) is 0 Å². The molecule has 0 bridgehead atoms. The van der Waals surface area contributed by atoms with E-state index in [9.17, 15) is 9.59 Å². The molecule has 2 amide bonds. The molecular formula is C33H56N4O4. The summed E-state index contributed by atoms with van der Waals surface area (Å²) >= 11 is 0. The van der Waals surface area contributed by atoms with Crippen molar-refractivity contribution in [2.24, 2.45) is 29.6 Å². The van der Waals surface area contributed by atoms with Gasteiger partial charge in [-0.05, 0) is 73.8 Å². The van der Waals surface area contributed by atoms with Gasteiger partial charge in [-0.25, -0.2) is 9.59 Å². The van der Waals surface area contributed by atoms with Gasteiger partial charge in [0.2, 0.25) is 0 Å². The predicted octanol–water partition coefficient (Wildman–Crippen LogP) is 7.12. The van der Waals surface area contributed by atoms with E-state index in [0.29, 0.717) is 17.8 Å². The van der Waals surface area contributed by atoms with Gasteiger partial charge in [0, 0.05) is 45.5 Å².